The summed E-state index contributed by atoms with van der Waals surface area (Å²) in [4.78, 5) is 21.9. The van der Waals surface area contributed by atoms with Gasteiger partial charge in [-0.1, -0.05) is 0 Å². The third-order valence-electron chi connectivity index (χ3n) is 3.15. The molecule has 0 unspecified atom stereocenters. The number of ketones is 1. The van der Waals surface area contributed by atoms with E-state index in [0.29, 0.717) is 17.1 Å². The molecule has 0 radical (unpaired) electrons. The van der Waals surface area contributed by atoms with Crippen LogP contribution < -0.4 is 0 Å². The molecule has 2 aromatic heterocycles. The Labute approximate surface area is 130 Å². The Morgan fingerprint density at radius 3 is 2.52 bits per heavy atom. The third kappa shape index (κ3) is 3.26. The van der Waals surface area contributed by atoms with Gasteiger partial charge in [-0.15, -0.1) is 0 Å². The van der Waals surface area contributed by atoms with E-state index in [-0.39, 0.29) is 17.2 Å². The number of nitrogens with zero attached hydrogens (tertiary/aromatic N) is 1. The zero-order chi connectivity index (χ0) is 16.2. The minimum atomic E-state index is -0.458. The monoisotopic (exact) mass is 309 g/mol. The van der Waals surface area contributed by atoms with Gasteiger partial charge in [-0.3, -0.25) is 14.9 Å². The molecule has 0 N–H and O–H groups in total. The lowest BCUT2D eigenvalue weighted by molar-refractivity contribution is -0.384. The maximum atomic E-state index is 11.8. The number of non-ortho nitro benzene ring substituents is 1. The van der Waals surface area contributed by atoms with Crippen molar-refractivity contribution in [3.8, 4) is 11.3 Å². The summed E-state index contributed by atoms with van der Waals surface area (Å²) in [5.74, 6) is 1.05. The van der Waals surface area contributed by atoms with Gasteiger partial charge in [0.05, 0.1) is 11.2 Å². The molecule has 0 aliphatic heterocycles. The normalized spacial score (nSPS) is 11.0. The second-order valence-corrected chi connectivity index (χ2v) is 4.68. The van der Waals surface area contributed by atoms with Crippen LogP contribution in [0.1, 0.15) is 16.3 Å². The van der Waals surface area contributed by atoms with Crippen LogP contribution in [-0.4, -0.2) is 10.7 Å². The molecule has 1 aromatic carbocycles. The van der Waals surface area contributed by atoms with Crippen LogP contribution in [0.4, 0.5) is 5.69 Å². The molecule has 0 aliphatic rings. The summed E-state index contributed by atoms with van der Waals surface area (Å²) in [7, 11) is 0. The van der Waals surface area contributed by atoms with Crippen LogP contribution >= 0.6 is 0 Å². The number of furan rings is 2. The minimum Gasteiger partial charge on any atom is -0.461 e. The Hall–Kier alpha value is -3.41. The van der Waals surface area contributed by atoms with Crippen molar-refractivity contribution in [2.24, 2.45) is 0 Å². The van der Waals surface area contributed by atoms with Gasteiger partial charge in [0.15, 0.2) is 5.76 Å². The van der Waals surface area contributed by atoms with E-state index in [1.54, 1.807) is 42.5 Å². The molecule has 0 saturated carbocycles. The molecule has 0 bridgehead atoms. The zero-order valence-corrected chi connectivity index (χ0v) is 11.8. The van der Waals surface area contributed by atoms with Gasteiger partial charge in [-0.05, 0) is 48.6 Å². The van der Waals surface area contributed by atoms with E-state index < -0.39 is 4.92 Å². The predicted octanol–water partition coefficient (Wildman–Crippen LogP) is 4.34. The van der Waals surface area contributed by atoms with Gasteiger partial charge in [0.1, 0.15) is 11.5 Å². The van der Waals surface area contributed by atoms with E-state index in [9.17, 15) is 14.9 Å². The van der Waals surface area contributed by atoms with Gasteiger partial charge in [-0.2, -0.15) is 0 Å². The van der Waals surface area contributed by atoms with Gasteiger partial charge >= 0.3 is 0 Å². The zero-order valence-electron chi connectivity index (χ0n) is 11.8. The first-order chi connectivity index (χ1) is 11.1. The molecule has 0 aliphatic carbocycles. The summed E-state index contributed by atoms with van der Waals surface area (Å²) in [5, 5.41) is 10.6. The molecule has 0 amide bonds. The fraction of sp³-hybridized carbons (Fsp3) is 0. The summed E-state index contributed by atoms with van der Waals surface area (Å²) in [6, 6.07) is 12.7. The first-order valence-corrected chi connectivity index (χ1v) is 6.74. The van der Waals surface area contributed by atoms with Crippen LogP contribution in [0, 0.1) is 10.1 Å². The number of benzene rings is 1. The molecule has 3 aromatic rings. The molecule has 0 fully saturated rings. The van der Waals surface area contributed by atoms with Crippen LogP contribution in [0.5, 0.6) is 0 Å². The summed E-state index contributed by atoms with van der Waals surface area (Å²) >= 11 is 0. The number of rotatable bonds is 5. The average molecular weight is 309 g/mol. The first-order valence-electron chi connectivity index (χ1n) is 6.74. The number of allylic oxidation sites excluding steroid dienone is 1. The third-order valence-corrected chi connectivity index (χ3v) is 3.15. The number of carbonyl (C=O) groups excluding carboxylic acids is 1. The molecule has 6 heteroatoms. The highest BCUT2D eigenvalue weighted by Gasteiger charge is 2.08. The van der Waals surface area contributed by atoms with E-state index in [1.807, 2.05) is 0 Å². The van der Waals surface area contributed by atoms with Crippen molar-refractivity contribution in [1.82, 2.24) is 0 Å². The maximum Gasteiger partial charge on any atom is 0.269 e. The molecular weight excluding hydrogens is 298 g/mol. The van der Waals surface area contributed by atoms with Gasteiger partial charge < -0.3 is 8.83 Å². The van der Waals surface area contributed by atoms with Crippen molar-refractivity contribution in [2.75, 3.05) is 0 Å². The highest BCUT2D eigenvalue weighted by Crippen LogP contribution is 2.25. The lowest BCUT2D eigenvalue weighted by Gasteiger charge is -1.96. The van der Waals surface area contributed by atoms with E-state index in [1.165, 1.54) is 24.5 Å². The van der Waals surface area contributed by atoms with E-state index >= 15 is 0 Å². The fourth-order valence-corrected chi connectivity index (χ4v) is 2.00. The second kappa shape index (κ2) is 6.15. The molecule has 2 heterocycles. The quantitative estimate of drug-likeness (QED) is 0.303. The smallest absolute Gasteiger partial charge is 0.269 e. The second-order valence-electron chi connectivity index (χ2n) is 4.68. The maximum absolute atomic E-state index is 11.8. The molecular formula is C17H11NO5. The molecule has 23 heavy (non-hydrogen) atoms. The molecule has 0 atom stereocenters. The molecule has 0 spiro atoms. The van der Waals surface area contributed by atoms with E-state index in [2.05, 4.69) is 0 Å². The van der Waals surface area contributed by atoms with Crippen molar-refractivity contribution >= 4 is 17.5 Å². The van der Waals surface area contributed by atoms with Crippen molar-refractivity contribution in [3.63, 3.8) is 0 Å². The number of nitro benzene ring substituents is 1. The fourth-order valence-electron chi connectivity index (χ4n) is 2.00. The topological polar surface area (TPSA) is 86.5 Å². The average Bonchev–Trinajstić information content (AvgIpc) is 3.24. The van der Waals surface area contributed by atoms with Crippen molar-refractivity contribution < 1.29 is 18.6 Å². The van der Waals surface area contributed by atoms with Crippen LogP contribution in [0.3, 0.4) is 0 Å². The first kappa shape index (κ1) is 14.5. The van der Waals surface area contributed by atoms with Gasteiger partial charge in [0.2, 0.25) is 5.78 Å². The molecule has 3 rings (SSSR count). The summed E-state index contributed by atoms with van der Waals surface area (Å²) < 4.78 is 10.6. The van der Waals surface area contributed by atoms with Gasteiger partial charge in [0, 0.05) is 17.7 Å². The highest BCUT2D eigenvalue weighted by molar-refractivity contribution is 6.04. The Kier molecular flexibility index (Phi) is 3.88. The van der Waals surface area contributed by atoms with Crippen LogP contribution in [0.25, 0.3) is 17.4 Å². The Morgan fingerprint density at radius 2 is 1.87 bits per heavy atom. The van der Waals surface area contributed by atoms with Crippen LogP contribution in [0.2, 0.25) is 0 Å². The number of carbonyl (C=O) groups is 1. The summed E-state index contributed by atoms with van der Waals surface area (Å²) in [5.41, 5.74) is 0.733. The van der Waals surface area contributed by atoms with Crippen LogP contribution in [-0.2, 0) is 0 Å². The minimum absolute atomic E-state index is 0.0180. The predicted molar refractivity (Wildman–Crippen MR) is 82.9 cm³/mol. The van der Waals surface area contributed by atoms with E-state index in [4.69, 9.17) is 8.83 Å². The van der Waals surface area contributed by atoms with Crippen LogP contribution in [0.15, 0.2) is 69.7 Å². The largest absolute Gasteiger partial charge is 0.461 e. The molecule has 6 nitrogen and oxygen atoms in total. The number of hydrogen-bond donors (Lipinski definition) is 0. The lowest BCUT2D eigenvalue weighted by atomic mass is 10.1. The number of hydrogen-bond acceptors (Lipinski definition) is 5. The lowest BCUT2D eigenvalue weighted by Crippen LogP contribution is -1.89. The Morgan fingerprint density at radius 1 is 1.09 bits per heavy atom. The number of nitro groups is 1. The summed E-state index contributed by atoms with van der Waals surface area (Å²) in [6.45, 7) is 0. The van der Waals surface area contributed by atoms with Crippen molar-refractivity contribution in [3.05, 3.63) is 82.5 Å². The summed E-state index contributed by atoms with van der Waals surface area (Å²) in [6.07, 6.45) is 4.33. The highest BCUT2D eigenvalue weighted by atomic mass is 16.6. The molecule has 0 saturated heterocycles. The van der Waals surface area contributed by atoms with Crippen molar-refractivity contribution in [2.45, 2.75) is 0 Å². The molecule has 114 valence electrons. The SMILES string of the molecule is O=C(C=Cc1ccc(-c2ccc([N+](=O)[O-])cc2)o1)c1ccco1. The van der Waals surface area contributed by atoms with E-state index in [0.717, 1.165) is 0 Å². The Bertz CT molecular complexity index is 857. The van der Waals surface area contributed by atoms with Gasteiger partial charge in [0.25, 0.3) is 5.69 Å². The van der Waals surface area contributed by atoms with Gasteiger partial charge in [-0.25, -0.2) is 0 Å². The van der Waals surface area contributed by atoms with Crippen molar-refractivity contribution in [1.29, 1.82) is 0 Å². The Balaban J connectivity index is 1.75. The standard InChI is InChI=1S/C17H11NO5/c19-15(17-2-1-11-22-17)9-7-14-8-10-16(23-14)12-3-5-13(6-4-12)18(20)21/h1-11H.